The van der Waals surface area contributed by atoms with Crippen LogP contribution in [-0.4, -0.2) is 34.9 Å². The molecule has 0 radical (unpaired) electrons. The van der Waals surface area contributed by atoms with Gasteiger partial charge < -0.3 is 19.5 Å². The molecule has 0 aliphatic carbocycles. The average Bonchev–Trinajstić information content (AvgIpc) is 1.30. The summed E-state index contributed by atoms with van der Waals surface area (Å²) in [4.78, 5) is 24.3. The Morgan fingerprint density at radius 1 is 1.14 bits per heavy atom. The van der Waals surface area contributed by atoms with Crippen LogP contribution in [0.1, 0.15) is 0 Å². The summed E-state index contributed by atoms with van der Waals surface area (Å²) in [5.41, 5.74) is 0. The van der Waals surface area contributed by atoms with Gasteiger partial charge in [0.25, 0.3) is 0 Å². The zero-order chi connectivity index (χ0) is 5.91. The first-order valence-corrected chi connectivity index (χ1v) is 3.89. The summed E-state index contributed by atoms with van der Waals surface area (Å²) in [5, 5.41) is 7.96. The molecule has 0 aliphatic heterocycles. The fourth-order valence-corrected chi connectivity index (χ4v) is 0.450. The molecular weight excluding hydrogens is 116 g/mol. The van der Waals surface area contributed by atoms with Crippen LogP contribution in [0.2, 0.25) is 6.04 Å². The maximum Gasteiger partial charge on any atom is 0.495 e. The molecule has 0 amide bonds. The Hall–Kier alpha value is 0.0569. The van der Waals surface area contributed by atoms with Crippen molar-refractivity contribution >= 4 is 8.80 Å². The van der Waals surface area contributed by atoms with Gasteiger partial charge in [-0.15, -0.1) is 0 Å². The highest BCUT2D eigenvalue weighted by atomic mass is 28.4. The highest BCUT2D eigenvalue weighted by Crippen LogP contribution is 1.91. The van der Waals surface area contributed by atoms with Crippen molar-refractivity contribution in [1.82, 2.24) is 0 Å². The zero-order valence-electron chi connectivity index (χ0n) is 3.70. The fraction of sp³-hybridized carbons (Fsp3) is 1.00. The summed E-state index contributed by atoms with van der Waals surface area (Å²) in [6.07, 6.45) is 0. The van der Waals surface area contributed by atoms with Crippen molar-refractivity contribution in [1.29, 1.82) is 0 Å². The van der Waals surface area contributed by atoms with Crippen molar-refractivity contribution < 1.29 is 19.5 Å². The summed E-state index contributed by atoms with van der Waals surface area (Å²) in [6.45, 7) is -0.379. The van der Waals surface area contributed by atoms with E-state index in [0.29, 0.717) is 0 Å². The second-order valence-corrected chi connectivity index (χ2v) is 3.30. The Bertz CT molecular complexity index is 48.1. The molecule has 0 bridgehead atoms. The van der Waals surface area contributed by atoms with Gasteiger partial charge in [-0.1, -0.05) is 0 Å². The van der Waals surface area contributed by atoms with Crippen LogP contribution in [0.3, 0.4) is 0 Å². The molecule has 0 aromatic rings. The van der Waals surface area contributed by atoms with Gasteiger partial charge in [-0.25, -0.2) is 0 Å². The number of rotatable bonds is 2. The molecule has 7 heavy (non-hydrogen) atoms. The first kappa shape index (κ1) is 7.06. The van der Waals surface area contributed by atoms with Crippen LogP contribution in [-0.2, 0) is 0 Å². The van der Waals surface area contributed by atoms with E-state index in [4.69, 9.17) is 19.5 Å². The largest absolute Gasteiger partial charge is 0.495 e. The molecule has 0 atom stereocenters. The molecule has 0 rings (SSSR count). The molecule has 5 heteroatoms. The SMILES string of the molecule is OCC[Si](O)(O)O. The molecule has 4 N–H and O–H groups in total. The molecule has 4 nitrogen and oxygen atoms in total. The molecule has 0 fully saturated rings. The molecule has 0 unspecified atom stereocenters. The van der Waals surface area contributed by atoms with E-state index in [1.807, 2.05) is 0 Å². The lowest BCUT2D eigenvalue weighted by Crippen LogP contribution is -2.35. The molecule has 0 aromatic heterocycles. The quantitative estimate of drug-likeness (QED) is 0.318. The summed E-state index contributed by atoms with van der Waals surface area (Å²) in [5.74, 6) is 0. The molecular formula is C2H8O4Si. The Morgan fingerprint density at radius 3 is 1.57 bits per heavy atom. The van der Waals surface area contributed by atoms with Crippen LogP contribution in [0.25, 0.3) is 0 Å². The molecule has 0 saturated heterocycles. The number of aliphatic hydroxyl groups excluding tert-OH is 1. The first-order valence-electron chi connectivity index (χ1n) is 1.84. The van der Waals surface area contributed by atoms with Gasteiger partial charge in [-0.2, -0.15) is 0 Å². The maximum absolute atomic E-state index is 8.11. The van der Waals surface area contributed by atoms with Gasteiger partial charge >= 0.3 is 8.80 Å². The van der Waals surface area contributed by atoms with E-state index < -0.39 is 8.80 Å². The summed E-state index contributed by atoms with van der Waals surface area (Å²) in [7, 11) is -3.91. The van der Waals surface area contributed by atoms with Crippen molar-refractivity contribution in [2.45, 2.75) is 6.04 Å². The third-order valence-electron chi connectivity index (χ3n) is 0.447. The third-order valence-corrected chi connectivity index (χ3v) is 1.34. The monoisotopic (exact) mass is 124 g/mol. The summed E-state index contributed by atoms with van der Waals surface area (Å²) < 4.78 is 0. The van der Waals surface area contributed by atoms with E-state index in [9.17, 15) is 0 Å². The van der Waals surface area contributed by atoms with E-state index in [1.165, 1.54) is 0 Å². The third kappa shape index (κ3) is 6.06. The molecule has 44 valence electrons. The number of hydrogen-bond donors (Lipinski definition) is 4. The topological polar surface area (TPSA) is 80.9 Å². The second kappa shape index (κ2) is 2.39. The summed E-state index contributed by atoms with van der Waals surface area (Å²) >= 11 is 0. The Kier molecular flexibility index (Phi) is 2.41. The van der Waals surface area contributed by atoms with Gasteiger partial charge in [-0.05, 0) is 0 Å². The van der Waals surface area contributed by atoms with E-state index in [0.717, 1.165) is 0 Å². The van der Waals surface area contributed by atoms with Crippen molar-refractivity contribution in [2.75, 3.05) is 6.61 Å². The standard InChI is InChI=1S/C2H8O4Si/c3-1-2-7(4,5)6/h3-6H,1-2H2. The Morgan fingerprint density at radius 2 is 1.57 bits per heavy atom. The predicted octanol–water partition coefficient (Wildman–Crippen LogP) is -2.11. The first-order chi connectivity index (χ1) is 3.06. The minimum atomic E-state index is -3.91. The van der Waals surface area contributed by atoms with Gasteiger partial charge in [-0.3, -0.25) is 0 Å². The van der Waals surface area contributed by atoms with Crippen molar-refractivity contribution in [3.63, 3.8) is 0 Å². The van der Waals surface area contributed by atoms with Gasteiger partial charge in [0.1, 0.15) is 0 Å². The van der Waals surface area contributed by atoms with Crippen LogP contribution < -0.4 is 0 Å². The Labute approximate surface area is 42.0 Å². The van der Waals surface area contributed by atoms with E-state index in [-0.39, 0.29) is 12.7 Å². The minimum Gasteiger partial charge on any atom is -0.396 e. The van der Waals surface area contributed by atoms with Crippen LogP contribution in [0, 0.1) is 0 Å². The van der Waals surface area contributed by atoms with Gasteiger partial charge in [0.05, 0.1) is 0 Å². The zero-order valence-corrected chi connectivity index (χ0v) is 4.70. The number of hydrogen-bond acceptors (Lipinski definition) is 4. The Balaban J connectivity index is 3.15. The van der Waals surface area contributed by atoms with E-state index in [2.05, 4.69) is 0 Å². The lowest BCUT2D eigenvalue weighted by Gasteiger charge is -2.04. The highest BCUT2D eigenvalue weighted by Gasteiger charge is 2.24. The lowest BCUT2D eigenvalue weighted by molar-refractivity contribution is 0.207. The fourth-order valence-electron chi connectivity index (χ4n) is 0.150. The van der Waals surface area contributed by atoms with Crippen LogP contribution in [0.15, 0.2) is 0 Å². The normalized spacial score (nSPS) is 12.0. The average molecular weight is 124 g/mol. The van der Waals surface area contributed by atoms with Gasteiger partial charge in [0, 0.05) is 12.7 Å². The lowest BCUT2D eigenvalue weighted by atomic mass is 10.9. The number of aliphatic hydroxyl groups is 1. The molecule has 0 saturated carbocycles. The van der Waals surface area contributed by atoms with Crippen molar-refractivity contribution in [2.24, 2.45) is 0 Å². The predicted molar refractivity (Wildman–Crippen MR) is 24.3 cm³/mol. The molecule has 0 aliphatic rings. The molecule has 0 aromatic carbocycles. The maximum atomic E-state index is 8.11. The molecule has 0 spiro atoms. The second-order valence-electron chi connectivity index (χ2n) is 1.25. The van der Waals surface area contributed by atoms with Crippen LogP contribution in [0.5, 0.6) is 0 Å². The van der Waals surface area contributed by atoms with Crippen molar-refractivity contribution in [3.8, 4) is 0 Å². The summed E-state index contributed by atoms with van der Waals surface area (Å²) in [6, 6.07) is -0.299. The smallest absolute Gasteiger partial charge is 0.396 e. The van der Waals surface area contributed by atoms with E-state index in [1.54, 1.807) is 0 Å². The van der Waals surface area contributed by atoms with Crippen LogP contribution in [0.4, 0.5) is 0 Å². The van der Waals surface area contributed by atoms with Gasteiger partial charge in [0.15, 0.2) is 0 Å². The molecule has 0 heterocycles. The van der Waals surface area contributed by atoms with Gasteiger partial charge in [0.2, 0.25) is 0 Å². The van der Waals surface area contributed by atoms with Crippen molar-refractivity contribution in [3.05, 3.63) is 0 Å². The highest BCUT2D eigenvalue weighted by molar-refractivity contribution is 6.56. The van der Waals surface area contributed by atoms with E-state index >= 15 is 0 Å². The minimum absolute atomic E-state index is 0.299. The van der Waals surface area contributed by atoms with Crippen LogP contribution >= 0.6 is 0 Å².